The summed E-state index contributed by atoms with van der Waals surface area (Å²) >= 11 is 0. The third kappa shape index (κ3) is 3.71. The normalized spacial score (nSPS) is 14.7. The summed E-state index contributed by atoms with van der Waals surface area (Å²) in [6.45, 7) is 1.91. The average Bonchev–Trinajstić information content (AvgIpc) is 2.74. The zero-order valence-corrected chi connectivity index (χ0v) is 14.8. The molecule has 0 unspecified atom stereocenters. The van der Waals surface area contributed by atoms with E-state index in [0.717, 1.165) is 48.3 Å². The Kier molecular flexibility index (Phi) is 4.91. The maximum absolute atomic E-state index is 13.3. The average molecular weight is 358 g/mol. The van der Waals surface area contributed by atoms with Gasteiger partial charge in [-0.2, -0.15) is 5.26 Å². The molecular weight excluding hydrogens is 339 g/mol. The maximum Gasteiger partial charge on any atom is 0.159 e. The molecule has 2 heterocycles. The molecule has 27 heavy (non-hydrogen) atoms. The number of piperidine rings is 1. The number of nitrogens with one attached hydrogen (secondary N) is 1. The van der Waals surface area contributed by atoms with Crippen LogP contribution in [0.15, 0.2) is 54.7 Å². The minimum Gasteiger partial charge on any atom is -0.317 e. The summed E-state index contributed by atoms with van der Waals surface area (Å²) in [7, 11) is 0. The summed E-state index contributed by atoms with van der Waals surface area (Å²) < 4.78 is 13.3. The molecule has 0 radical (unpaired) electrons. The second-order valence-electron chi connectivity index (χ2n) is 6.72. The first-order valence-electron chi connectivity index (χ1n) is 9.09. The quantitative estimate of drug-likeness (QED) is 0.759. The number of nitriles is 1. The van der Waals surface area contributed by atoms with Gasteiger partial charge in [-0.1, -0.05) is 12.1 Å². The van der Waals surface area contributed by atoms with Crippen LogP contribution in [-0.4, -0.2) is 23.1 Å². The van der Waals surface area contributed by atoms with E-state index in [0.29, 0.717) is 17.3 Å². The van der Waals surface area contributed by atoms with Crippen LogP contribution < -0.4 is 5.32 Å². The summed E-state index contributed by atoms with van der Waals surface area (Å²) in [5.74, 6) is 0.653. The monoisotopic (exact) mass is 358 g/mol. The highest BCUT2D eigenvalue weighted by atomic mass is 19.1. The fourth-order valence-corrected chi connectivity index (χ4v) is 3.52. The minimum atomic E-state index is -0.276. The van der Waals surface area contributed by atoms with E-state index in [1.807, 2.05) is 24.4 Å². The molecule has 0 atom stereocenters. The maximum atomic E-state index is 13.3. The zero-order valence-electron chi connectivity index (χ0n) is 14.8. The van der Waals surface area contributed by atoms with Crippen LogP contribution in [0, 0.1) is 17.1 Å². The molecule has 0 bridgehead atoms. The van der Waals surface area contributed by atoms with Crippen LogP contribution in [0.1, 0.15) is 30.0 Å². The first-order chi connectivity index (χ1) is 13.2. The van der Waals surface area contributed by atoms with Gasteiger partial charge in [-0.05, 0) is 67.9 Å². The Balaban J connectivity index is 1.82. The SMILES string of the molecule is N#Cc1cccc(-c2cnc(-c3ccc(F)cc3)nc2C2CCNCC2)c1. The third-order valence-electron chi connectivity index (χ3n) is 4.95. The molecule has 134 valence electrons. The van der Waals surface area contributed by atoms with Crippen molar-refractivity contribution in [1.29, 1.82) is 5.26 Å². The van der Waals surface area contributed by atoms with E-state index in [9.17, 15) is 9.65 Å². The van der Waals surface area contributed by atoms with E-state index in [1.54, 1.807) is 18.2 Å². The highest BCUT2D eigenvalue weighted by molar-refractivity contribution is 5.69. The molecular formula is C22H19FN4. The van der Waals surface area contributed by atoms with Gasteiger partial charge in [0.1, 0.15) is 5.82 Å². The molecule has 1 fully saturated rings. The number of hydrogen-bond donors (Lipinski definition) is 1. The summed E-state index contributed by atoms with van der Waals surface area (Å²) in [6, 6.07) is 16.0. The Morgan fingerprint density at radius 1 is 1.04 bits per heavy atom. The standard InChI is InChI=1S/C22H19FN4/c23-19-6-4-17(5-7-19)22-26-14-20(18-3-1-2-15(12-18)13-24)21(27-22)16-8-10-25-11-9-16/h1-7,12,14,16,25H,8-11H2. The van der Waals surface area contributed by atoms with Crippen LogP contribution >= 0.6 is 0 Å². The van der Waals surface area contributed by atoms with E-state index in [2.05, 4.69) is 16.4 Å². The predicted molar refractivity (Wildman–Crippen MR) is 102 cm³/mol. The third-order valence-corrected chi connectivity index (χ3v) is 4.95. The van der Waals surface area contributed by atoms with Crippen LogP contribution in [0.25, 0.3) is 22.5 Å². The van der Waals surface area contributed by atoms with Crippen LogP contribution in [-0.2, 0) is 0 Å². The van der Waals surface area contributed by atoms with E-state index >= 15 is 0 Å². The summed E-state index contributed by atoms with van der Waals surface area (Å²) in [4.78, 5) is 9.42. The minimum absolute atomic E-state index is 0.276. The predicted octanol–water partition coefficient (Wildman–Crippen LogP) is 4.29. The molecule has 0 amide bonds. The molecule has 5 heteroatoms. The lowest BCUT2D eigenvalue weighted by molar-refractivity contribution is 0.454. The Hall–Kier alpha value is -3.10. The molecule has 4 rings (SSSR count). The van der Waals surface area contributed by atoms with Crippen LogP contribution in [0.2, 0.25) is 0 Å². The van der Waals surface area contributed by atoms with Crippen LogP contribution in [0.3, 0.4) is 0 Å². The summed E-state index contributed by atoms with van der Waals surface area (Å²) in [5.41, 5.74) is 4.33. The van der Waals surface area contributed by atoms with Gasteiger partial charge >= 0.3 is 0 Å². The zero-order chi connectivity index (χ0) is 18.6. The first kappa shape index (κ1) is 17.3. The number of benzene rings is 2. The highest BCUT2D eigenvalue weighted by Crippen LogP contribution is 2.34. The van der Waals surface area contributed by atoms with E-state index < -0.39 is 0 Å². The van der Waals surface area contributed by atoms with Crippen molar-refractivity contribution in [3.8, 4) is 28.6 Å². The number of nitrogens with zero attached hydrogens (tertiary/aromatic N) is 3. The van der Waals surface area contributed by atoms with Gasteiger partial charge in [-0.15, -0.1) is 0 Å². The van der Waals surface area contributed by atoms with Crippen molar-refractivity contribution in [2.45, 2.75) is 18.8 Å². The second-order valence-corrected chi connectivity index (χ2v) is 6.72. The molecule has 0 aliphatic carbocycles. The Bertz CT molecular complexity index is 986. The lowest BCUT2D eigenvalue weighted by Gasteiger charge is -2.24. The Morgan fingerprint density at radius 3 is 2.56 bits per heavy atom. The van der Waals surface area contributed by atoms with Crippen LogP contribution in [0.5, 0.6) is 0 Å². The fraction of sp³-hybridized carbons (Fsp3) is 0.227. The molecule has 1 aliphatic rings. The topological polar surface area (TPSA) is 61.6 Å². The summed E-state index contributed by atoms with van der Waals surface area (Å²) in [6.07, 6.45) is 3.84. The van der Waals surface area contributed by atoms with Crippen molar-refractivity contribution in [3.05, 3.63) is 71.8 Å². The van der Waals surface area contributed by atoms with E-state index in [-0.39, 0.29) is 5.82 Å². The van der Waals surface area contributed by atoms with Gasteiger partial charge in [0, 0.05) is 23.2 Å². The lowest BCUT2D eigenvalue weighted by atomic mass is 9.89. The van der Waals surface area contributed by atoms with Crippen molar-refractivity contribution in [2.75, 3.05) is 13.1 Å². The first-order valence-corrected chi connectivity index (χ1v) is 9.09. The Morgan fingerprint density at radius 2 is 1.81 bits per heavy atom. The van der Waals surface area contributed by atoms with Crippen molar-refractivity contribution in [1.82, 2.24) is 15.3 Å². The second kappa shape index (κ2) is 7.65. The van der Waals surface area contributed by atoms with Gasteiger partial charge in [-0.25, -0.2) is 14.4 Å². The molecule has 1 aromatic heterocycles. The van der Waals surface area contributed by atoms with Gasteiger partial charge < -0.3 is 5.32 Å². The van der Waals surface area contributed by atoms with Gasteiger partial charge in [0.05, 0.1) is 17.3 Å². The van der Waals surface area contributed by atoms with Crippen LogP contribution in [0.4, 0.5) is 4.39 Å². The van der Waals surface area contributed by atoms with Crippen molar-refractivity contribution in [2.24, 2.45) is 0 Å². The number of rotatable bonds is 3. The van der Waals surface area contributed by atoms with Gasteiger partial charge in [0.25, 0.3) is 0 Å². The molecule has 1 aliphatic heterocycles. The Labute approximate surface area is 157 Å². The highest BCUT2D eigenvalue weighted by Gasteiger charge is 2.22. The molecule has 1 N–H and O–H groups in total. The number of aromatic nitrogens is 2. The van der Waals surface area contributed by atoms with Crippen molar-refractivity contribution >= 4 is 0 Å². The summed E-state index contributed by atoms with van der Waals surface area (Å²) in [5, 5.41) is 12.6. The molecule has 4 nitrogen and oxygen atoms in total. The van der Waals surface area contributed by atoms with Gasteiger partial charge in [0.2, 0.25) is 0 Å². The smallest absolute Gasteiger partial charge is 0.159 e. The van der Waals surface area contributed by atoms with Gasteiger partial charge in [-0.3, -0.25) is 0 Å². The molecule has 3 aromatic rings. The van der Waals surface area contributed by atoms with Gasteiger partial charge in [0.15, 0.2) is 5.82 Å². The van der Waals surface area contributed by atoms with E-state index in [4.69, 9.17) is 4.98 Å². The fourth-order valence-electron chi connectivity index (χ4n) is 3.52. The lowest BCUT2D eigenvalue weighted by Crippen LogP contribution is -2.27. The van der Waals surface area contributed by atoms with E-state index in [1.165, 1.54) is 12.1 Å². The number of hydrogen-bond acceptors (Lipinski definition) is 4. The number of halogens is 1. The van der Waals surface area contributed by atoms with Crippen molar-refractivity contribution in [3.63, 3.8) is 0 Å². The molecule has 1 saturated heterocycles. The van der Waals surface area contributed by atoms with Crippen molar-refractivity contribution < 1.29 is 4.39 Å². The molecule has 0 saturated carbocycles. The molecule has 0 spiro atoms. The largest absolute Gasteiger partial charge is 0.317 e. The molecule has 2 aromatic carbocycles.